The number of ether oxygens (including phenoxy) is 1. The Hall–Kier alpha value is -2.45. The molecule has 2 fully saturated rings. The molecule has 3 aromatic heterocycles. The van der Waals surface area contributed by atoms with Crippen LogP contribution in [0.3, 0.4) is 0 Å². The second kappa shape index (κ2) is 9.06. The van der Waals surface area contributed by atoms with E-state index in [0.29, 0.717) is 63.2 Å². The van der Waals surface area contributed by atoms with Crippen LogP contribution in [0.5, 0.6) is 0 Å². The van der Waals surface area contributed by atoms with E-state index in [-0.39, 0.29) is 0 Å². The average Bonchev–Trinajstić information content (AvgIpc) is 3.21. The van der Waals surface area contributed by atoms with Crippen LogP contribution in [0.25, 0.3) is 21.7 Å². The summed E-state index contributed by atoms with van der Waals surface area (Å²) in [5.41, 5.74) is 7.19. The minimum absolute atomic E-state index is 0.445. The second-order valence-corrected chi connectivity index (χ2v) is 11.2. The predicted octanol–water partition coefficient (Wildman–Crippen LogP) is 0.644. The van der Waals surface area contributed by atoms with Crippen molar-refractivity contribution in [3.8, 4) is 11.4 Å². The number of thiazole rings is 1. The van der Waals surface area contributed by atoms with Crippen LogP contribution in [0.4, 0.5) is 11.6 Å². The van der Waals surface area contributed by atoms with Gasteiger partial charge in [0, 0.05) is 51.0 Å². The van der Waals surface area contributed by atoms with Gasteiger partial charge in [0.15, 0.2) is 17.3 Å². The fraction of sp³-hybridized carbons (Fsp3) is 0.500. The normalized spacial score (nSPS) is 18.8. The maximum atomic E-state index is 11.8. The zero-order chi connectivity index (χ0) is 23.0. The Bertz CT molecular complexity index is 1230. The Morgan fingerprint density at radius 3 is 2.48 bits per heavy atom. The summed E-state index contributed by atoms with van der Waals surface area (Å²) in [6.07, 6.45) is 2.93. The minimum Gasteiger partial charge on any atom is -0.384 e. The first-order valence-electron chi connectivity index (χ1n) is 10.8. The lowest BCUT2D eigenvalue weighted by Gasteiger charge is -2.32. The largest absolute Gasteiger partial charge is 0.384 e. The van der Waals surface area contributed by atoms with E-state index in [2.05, 4.69) is 14.8 Å². The van der Waals surface area contributed by atoms with Crippen molar-refractivity contribution in [2.45, 2.75) is 6.54 Å². The third-order valence-electron chi connectivity index (χ3n) is 5.79. The van der Waals surface area contributed by atoms with Gasteiger partial charge in [0.1, 0.15) is 15.5 Å². The summed E-state index contributed by atoms with van der Waals surface area (Å²) in [6.45, 7) is 5.81. The fourth-order valence-electron chi connectivity index (χ4n) is 3.99. The van der Waals surface area contributed by atoms with Crippen LogP contribution in [0.2, 0.25) is 0 Å². The average molecular weight is 491 g/mol. The molecule has 0 radical (unpaired) electrons. The van der Waals surface area contributed by atoms with Crippen LogP contribution in [0.1, 0.15) is 5.01 Å². The third kappa shape index (κ3) is 4.92. The lowest BCUT2D eigenvalue weighted by molar-refractivity contribution is 0.122. The van der Waals surface area contributed by atoms with Crippen molar-refractivity contribution in [3.05, 3.63) is 23.3 Å². The molecule has 2 saturated heterocycles. The molecule has 2 N–H and O–H groups in total. The van der Waals surface area contributed by atoms with Crippen molar-refractivity contribution < 1.29 is 13.2 Å². The summed E-state index contributed by atoms with van der Waals surface area (Å²) in [6, 6.07) is 3.60. The molecule has 0 amide bonds. The van der Waals surface area contributed by atoms with Crippen molar-refractivity contribution in [1.29, 1.82) is 0 Å². The number of sulfonamides is 1. The summed E-state index contributed by atoms with van der Waals surface area (Å²) in [5.74, 6) is 1.87. The number of anilines is 2. The summed E-state index contributed by atoms with van der Waals surface area (Å²) in [7, 11) is -3.15. The van der Waals surface area contributed by atoms with Crippen molar-refractivity contribution >= 4 is 43.3 Å². The van der Waals surface area contributed by atoms with Gasteiger partial charge in [-0.15, -0.1) is 11.3 Å². The number of hydrogen-bond acceptors (Lipinski definition) is 11. The number of hydrogen-bond donors (Lipinski definition) is 1. The maximum absolute atomic E-state index is 11.8. The first-order chi connectivity index (χ1) is 15.9. The number of aromatic nitrogens is 4. The summed E-state index contributed by atoms with van der Waals surface area (Å²) >= 11 is 1.60. The fourth-order valence-corrected chi connectivity index (χ4v) is 5.88. The maximum Gasteiger partial charge on any atom is 0.211 e. The van der Waals surface area contributed by atoms with Gasteiger partial charge in [-0.2, -0.15) is 4.31 Å². The van der Waals surface area contributed by atoms with Crippen LogP contribution >= 0.6 is 11.3 Å². The Morgan fingerprint density at radius 2 is 1.82 bits per heavy atom. The van der Waals surface area contributed by atoms with Crippen LogP contribution in [-0.2, 0) is 21.3 Å². The van der Waals surface area contributed by atoms with E-state index in [9.17, 15) is 8.42 Å². The highest BCUT2D eigenvalue weighted by atomic mass is 32.2. The Kier molecular flexibility index (Phi) is 6.14. The molecule has 0 saturated carbocycles. The van der Waals surface area contributed by atoms with Gasteiger partial charge in [0.05, 0.1) is 26.0 Å². The molecule has 11 nitrogen and oxygen atoms in total. The van der Waals surface area contributed by atoms with Crippen molar-refractivity contribution in [3.63, 3.8) is 0 Å². The molecule has 33 heavy (non-hydrogen) atoms. The van der Waals surface area contributed by atoms with Gasteiger partial charge in [-0.3, -0.25) is 4.90 Å². The number of pyridine rings is 1. The summed E-state index contributed by atoms with van der Waals surface area (Å²) in [4.78, 5) is 23.1. The molecular weight excluding hydrogens is 464 g/mol. The Balaban J connectivity index is 1.45. The molecular formula is C20H26N8O3S2. The molecule has 13 heteroatoms. The Labute approximate surface area is 196 Å². The second-order valence-electron chi connectivity index (χ2n) is 8.14. The lowest BCUT2D eigenvalue weighted by atomic mass is 10.2. The number of fused-ring (bicyclic) bond motifs is 1. The molecule has 3 aromatic rings. The lowest BCUT2D eigenvalue weighted by Crippen LogP contribution is -2.47. The van der Waals surface area contributed by atoms with Gasteiger partial charge >= 0.3 is 0 Å². The van der Waals surface area contributed by atoms with E-state index in [0.717, 1.165) is 34.2 Å². The van der Waals surface area contributed by atoms with E-state index in [1.165, 1.54) is 10.6 Å². The van der Waals surface area contributed by atoms with E-state index >= 15 is 0 Å². The predicted molar refractivity (Wildman–Crippen MR) is 128 cm³/mol. The SMILES string of the molecule is CS(=O)(=O)N1CCN(Cc2nc3nc(-c4ccc(N)nc4)nc(N4CCOCC4)c3s2)CC1. The molecule has 0 spiro atoms. The van der Waals surface area contributed by atoms with Gasteiger partial charge in [-0.25, -0.2) is 28.4 Å². The number of nitrogens with two attached hydrogens (primary N) is 1. The molecule has 176 valence electrons. The van der Waals surface area contributed by atoms with E-state index in [1.807, 2.05) is 6.07 Å². The van der Waals surface area contributed by atoms with Gasteiger partial charge in [0.25, 0.3) is 0 Å². The molecule has 0 aliphatic carbocycles. The number of piperazine rings is 1. The molecule has 0 unspecified atom stereocenters. The topological polar surface area (TPSA) is 131 Å². The highest BCUT2D eigenvalue weighted by molar-refractivity contribution is 7.88. The molecule has 5 rings (SSSR count). The van der Waals surface area contributed by atoms with E-state index < -0.39 is 10.0 Å². The van der Waals surface area contributed by atoms with Crippen molar-refractivity contribution in [2.75, 3.05) is 69.4 Å². The van der Waals surface area contributed by atoms with Gasteiger partial charge in [-0.1, -0.05) is 0 Å². The highest BCUT2D eigenvalue weighted by Crippen LogP contribution is 2.33. The quantitative estimate of drug-likeness (QED) is 0.544. The number of nitrogen functional groups attached to an aromatic ring is 1. The molecule has 2 aliphatic heterocycles. The first kappa shape index (κ1) is 22.3. The minimum atomic E-state index is -3.15. The van der Waals surface area contributed by atoms with Gasteiger partial charge < -0.3 is 15.4 Å². The standard InChI is InChI=1S/C20H26N8O3S2/c1-33(29,30)28-6-4-26(5-7-28)13-16-23-19-17(32-16)20(27-8-10-31-11-9-27)25-18(24-19)14-2-3-15(21)22-12-14/h2-3,12H,4-11,13H2,1H3,(H2,21,22). The van der Waals surface area contributed by atoms with Crippen LogP contribution in [0, 0.1) is 0 Å². The molecule has 0 bridgehead atoms. The van der Waals surface area contributed by atoms with E-state index in [1.54, 1.807) is 23.6 Å². The first-order valence-corrected chi connectivity index (χ1v) is 13.4. The number of rotatable bonds is 5. The van der Waals surface area contributed by atoms with Gasteiger partial charge in [0.2, 0.25) is 10.0 Å². The van der Waals surface area contributed by atoms with Crippen LogP contribution in [0.15, 0.2) is 18.3 Å². The molecule has 5 heterocycles. The number of nitrogens with zero attached hydrogens (tertiary/aromatic N) is 7. The zero-order valence-corrected chi connectivity index (χ0v) is 20.0. The highest BCUT2D eigenvalue weighted by Gasteiger charge is 2.25. The zero-order valence-electron chi connectivity index (χ0n) is 18.3. The Morgan fingerprint density at radius 1 is 1.06 bits per heavy atom. The molecule has 0 aromatic carbocycles. The van der Waals surface area contributed by atoms with Crippen LogP contribution in [-0.4, -0.2) is 96.3 Å². The van der Waals surface area contributed by atoms with Crippen molar-refractivity contribution in [2.24, 2.45) is 0 Å². The summed E-state index contributed by atoms with van der Waals surface area (Å²) in [5, 5.41) is 0.939. The monoisotopic (exact) mass is 490 g/mol. The number of morpholine rings is 1. The van der Waals surface area contributed by atoms with Crippen molar-refractivity contribution in [1.82, 2.24) is 29.1 Å². The molecule has 2 aliphatic rings. The smallest absolute Gasteiger partial charge is 0.211 e. The third-order valence-corrected chi connectivity index (χ3v) is 8.12. The van der Waals surface area contributed by atoms with E-state index in [4.69, 9.17) is 25.4 Å². The van der Waals surface area contributed by atoms with Crippen LogP contribution < -0.4 is 10.6 Å². The summed E-state index contributed by atoms with van der Waals surface area (Å²) < 4.78 is 31.6. The molecule has 0 atom stereocenters. The van der Waals surface area contributed by atoms with Gasteiger partial charge in [-0.05, 0) is 12.1 Å².